The van der Waals surface area contributed by atoms with Crippen molar-refractivity contribution in [2.75, 3.05) is 13.2 Å². The topological polar surface area (TPSA) is 101 Å². The lowest BCUT2D eigenvalue weighted by Crippen LogP contribution is -2.39. The van der Waals surface area contributed by atoms with Crippen molar-refractivity contribution in [3.8, 4) is 11.3 Å². The number of nitrogens with one attached hydrogen (secondary N) is 1. The summed E-state index contributed by atoms with van der Waals surface area (Å²) < 4.78 is 29.5. The highest BCUT2D eigenvalue weighted by molar-refractivity contribution is 9.10. The number of aliphatic hydroxyl groups is 1. The molecule has 2 aliphatic rings. The summed E-state index contributed by atoms with van der Waals surface area (Å²) in [5, 5.41) is 20.3. The van der Waals surface area contributed by atoms with Gasteiger partial charge in [-0.2, -0.15) is 5.10 Å². The van der Waals surface area contributed by atoms with Crippen molar-refractivity contribution < 1.29 is 18.7 Å². The van der Waals surface area contributed by atoms with Crippen LogP contribution in [0, 0.1) is 17.0 Å². The van der Waals surface area contributed by atoms with Crippen LogP contribution in [0.4, 0.5) is 8.78 Å². The molecule has 0 radical (unpaired) electrons. The molecule has 7 nitrogen and oxygen atoms in total. The van der Waals surface area contributed by atoms with Gasteiger partial charge in [0.25, 0.3) is 5.91 Å². The molecule has 2 aromatic heterocycles. The van der Waals surface area contributed by atoms with Crippen molar-refractivity contribution >= 4 is 21.8 Å². The molecule has 1 aromatic carbocycles. The maximum absolute atomic E-state index is 14.4. The number of hydrogen-bond acceptors (Lipinski definition) is 6. The van der Waals surface area contributed by atoms with E-state index in [4.69, 9.17) is 5.11 Å². The van der Waals surface area contributed by atoms with E-state index in [0.29, 0.717) is 15.9 Å². The van der Waals surface area contributed by atoms with E-state index < -0.39 is 23.0 Å². The number of fused-ring (bicyclic) bond motifs is 5. The first kappa shape index (κ1) is 22.9. The normalized spacial score (nSPS) is 22.0. The second kappa shape index (κ2) is 8.13. The number of carbonyl (C=O) groups is 1. The van der Waals surface area contributed by atoms with E-state index in [2.05, 4.69) is 55.3 Å². The van der Waals surface area contributed by atoms with Crippen LogP contribution in [0.1, 0.15) is 60.2 Å². The highest BCUT2D eigenvalue weighted by atomic mass is 79.9. The molecule has 0 spiro atoms. The molecular weight excluding hydrogens is 508 g/mol. The summed E-state index contributed by atoms with van der Waals surface area (Å²) in [5.74, 6) is -1.81. The van der Waals surface area contributed by atoms with Gasteiger partial charge in [-0.05, 0) is 63.9 Å². The molecule has 0 aliphatic heterocycles. The Morgan fingerprint density at radius 3 is 2.68 bits per heavy atom. The van der Waals surface area contributed by atoms with E-state index in [1.165, 1.54) is 18.2 Å². The first-order valence-corrected chi connectivity index (χ1v) is 11.8. The number of hydrogen-bond donors (Lipinski definition) is 2. The van der Waals surface area contributed by atoms with E-state index >= 15 is 0 Å². The van der Waals surface area contributed by atoms with Crippen molar-refractivity contribution in [1.29, 1.82) is 0 Å². The number of benzene rings is 1. The molecule has 2 N–H and O–H groups in total. The highest BCUT2D eigenvalue weighted by Gasteiger charge is 2.65. The fraction of sp³-hybridized carbons (Fsp3) is 0.375. The zero-order valence-corrected chi connectivity index (χ0v) is 20.2. The second-order valence-electron chi connectivity index (χ2n) is 9.22. The molecule has 3 aromatic rings. The van der Waals surface area contributed by atoms with Gasteiger partial charge >= 0.3 is 0 Å². The summed E-state index contributed by atoms with van der Waals surface area (Å²) in [6.45, 7) is 4.14. The van der Waals surface area contributed by atoms with Crippen LogP contribution < -0.4 is 5.32 Å². The molecule has 1 fully saturated rings. The quantitative estimate of drug-likeness (QED) is 0.519. The van der Waals surface area contributed by atoms with Crippen molar-refractivity contribution in [3.05, 3.63) is 69.3 Å². The minimum absolute atomic E-state index is 0.00766. The second-order valence-corrected chi connectivity index (χ2v) is 10.1. The zero-order chi connectivity index (χ0) is 24.3. The molecule has 2 bridgehead atoms. The van der Waals surface area contributed by atoms with E-state index in [0.717, 1.165) is 18.4 Å². The molecule has 0 unspecified atom stereocenters. The van der Waals surface area contributed by atoms with Gasteiger partial charge < -0.3 is 10.4 Å². The van der Waals surface area contributed by atoms with Crippen LogP contribution >= 0.6 is 15.9 Å². The summed E-state index contributed by atoms with van der Waals surface area (Å²) in [4.78, 5) is 21.3. The van der Waals surface area contributed by atoms with Crippen LogP contribution in [-0.2, 0) is 5.41 Å². The molecule has 1 amide bonds. The van der Waals surface area contributed by atoms with Gasteiger partial charge in [0.15, 0.2) is 0 Å². The van der Waals surface area contributed by atoms with E-state index in [9.17, 15) is 13.6 Å². The number of halogens is 3. The lowest BCUT2D eigenvalue weighted by Gasteiger charge is -2.38. The summed E-state index contributed by atoms with van der Waals surface area (Å²) in [6.07, 6.45) is 3.10. The van der Waals surface area contributed by atoms with Gasteiger partial charge in [-0.25, -0.2) is 18.7 Å². The Labute approximate surface area is 203 Å². The van der Waals surface area contributed by atoms with E-state index in [1.54, 1.807) is 12.3 Å². The van der Waals surface area contributed by atoms with Crippen LogP contribution in [0.2, 0.25) is 0 Å². The van der Waals surface area contributed by atoms with Gasteiger partial charge in [0, 0.05) is 12.7 Å². The summed E-state index contributed by atoms with van der Waals surface area (Å²) in [6, 6.07) is 5.45. The number of amides is 1. The summed E-state index contributed by atoms with van der Waals surface area (Å²) in [5.41, 5.74) is 1.15. The number of rotatable bonds is 5. The standard InChI is InChI=1S/C24H22BrF2N5O2/c1-23(2)13-6-7-24(23,20-14(25)11-29-21(30-20)22(34)28-8-9-33)19-12(13)10-17(31-32-19)18-15(26)4-3-5-16(18)27/h3-5,10-11,13,33H,6-9H2,1-2H3,(H,28,34)/t13-,24-/m0/s1. The lowest BCUT2D eigenvalue weighted by atomic mass is 9.66. The van der Waals surface area contributed by atoms with Crippen LogP contribution in [0.5, 0.6) is 0 Å². The average Bonchev–Trinajstić information content (AvgIpc) is 3.18. The molecule has 2 aliphatic carbocycles. The Bertz CT molecular complexity index is 1300. The van der Waals surface area contributed by atoms with Crippen molar-refractivity contribution in [3.63, 3.8) is 0 Å². The maximum Gasteiger partial charge on any atom is 0.289 e. The number of aliphatic hydroxyl groups excluding tert-OH is 1. The number of aromatic nitrogens is 4. The first-order chi connectivity index (χ1) is 16.2. The third-order valence-electron chi connectivity index (χ3n) is 7.35. The fourth-order valence-corrected chi connectivity index (χ4v) is 6.27. The molecular formula is C24H22BrF2N5O2. The van der Waals surface area contributed by atoms with Gasteiger partial charge in [-0.15, -0.1) is 5.10 Å². The maximum atomic E-state index is 14.4. The zero-order valence-electron chi connectivity index (χ0n) is 18.6. The summed E-state index contributed by atoms with van der Waals surface area (Å²) in [7, 11) is 0. The predicted molar refractivity (Wildman–Crippen MR) is 123 cm³/mol. The Kier molecular flexibility index (Phi) is 5.48. The predicted octanol–water partition coefficient (Wildman–Crippen LogP) is 3.90. The van der Waals surface area contributed by atoms with Gasteiger partial charge in [-0.1, -0.05) is 19.9 Å². The Hall–Kier alpha value is -2.85. The van der Waals surface area contributed by atoms with Crippen LogP contribution in [0.15, 0.2) is 34.9 Å². The SMILES string of the molecule is CC1(C)[C@H]2CC[C@@]1(c1nc(C(=O)NCCO)ncc1Br)c1nnc(-c3c(F)cccc3F)cc12. The Morgan fingerprint density at radius 2 is 1.97 bits per heavy atom. The highest BCUT2D eigenvalue weighted by Crippen LogP contribution is 2.70. The van der Waals surface area contributed by atoms with Crippen molar-refractivity contribution in [2.24, 2.45) is 5.41 Å². The third-order valence-corrected chi connectivity index (χ3v) is 7.93. The van der Waals surface area contributed by atoms with E-state index in [-0.39, 0.29) is 41.6 Å². The molecule has 10 heteroatoms. The average molecular weight is 530 g/mol. The van der Waals surface area contributed by atoms with Crippen LogP contribution in [-0.4, -0.2) is 44.3 Å². The smallest absolute Gasteiger partial charge is 0.289 e. The molecule has 176 valence electrons. The van der Waals surface area contributed by atoms with E-state index in [1.807, 2.05) is 0 Å². The third kappa shape index (κ3) is 3.11. The van der Waals surface area contributed by atoms with Crippen molar-refractivity contribution in [1.82, 2.24) is 25.5 Å². The largest absolute Gasteiger partial charge is 0.395 e. The van der Waals surface area contributed by atoms with Gasteiger partial charge in [0.1, 0.15) is 11.6 Å². The van der Waals surface area contributed by atoms with Gasteiger partial charge in [0.05, 0.1) is 39.1 Å². The Morgan fingerprint density at radius 1 is 1.24 bits per heavy atom. The number of carbonyl (C=O) groups excluding carboxylic acids is 1. The minimum Gasteiger partial charge on any atom is -0.395 e. The van der Waals surface area contributed by atoms with Gasteiger partial charge in [-0.3, -0.25) is 4.79 Å². The Balaban J connectivity index is 1.67. The molecule has 2 heterocycles. The van der Waals surface area contributed by atoms with Crippen LogP contribution in [0.25, 0.3) is 11.3 Å². The molecule has 34 heavy (non-hydrogen) atoms. The van der Waals surface area contributed by atoms with Crippen LogP contribution in [0.3, 0.4) is 0 Å². The first-order valence-electron chi connectivity index (χ1n) is 11.0. The molecule has 5 rings (SSSR count). The molecule has 1 saturated carbocycles. The number of nitrogens with zero attached hydrogens (tertiary/aromatic N) is 4. The fourth-order valence-electron chi connectivity index (χ4n) is 5.74. The van der Waals surface area contributed by atoms with Crippen molar-refractivity contribution in [2.45, 2.75) is 38.0 Å². The minimum atomic E-state index is -0.691. The van der Waals surface area contributed by atoms with Gasteiger partial charge in [0.2, 0.25) is 5.82 Å². The lowest BCUT2D eigenvalue weighted by molar-refractivity contribution is 0.0933. The summed E-state index contributed by atoms with van der Waals surface area (Å²) >= 11 is 3.57. The molecule has 2 atom stereocenters. The molecule has 0 saturated heterocycles. The monoisotopic (exact) mass is 529 g/mol.